The number of hydrogen-bond acceptors (Lipinski definition) is 8. The van der Waals surface area contributed by atoms with Crippen LogP contribution in [-0.2, 0) is 30.8 Å². The number of hydrogen-bond donors (Lipinski definition) is 4. The Kier molecular flexibility index (Phi) is 20.8. The van der Waals surface area contributed by atoms with Crippen LogP contribution in [0.4, 0.5) is 0 Å². The maximum atomic E-state index is 13.4. The number of unbranched alkanes of at least 4 members (excludes halogenated alkanes) is 12. The third-order valence-electron chi connectivity index (χ3n) is 9.30. The average molecular weight is 794 g/mol. The van der Waals surface area contributed by atoms with Crippen LogP contribution >= 0.6 is 12.6 Å². The van der Waals surface area contributed by atoms with Gasteiger partial charge >= 0.3 is 5.97 Å². The van der Waals surface area contributed by atoms with Crippen LogP contribution in [0.5, 0.6) is 5.75 Å². The third kappa shape index (κ3) is 17.6. The molecule has 0 aliphatic rings. The summed E-state index contributed by atoms with van der Waals surface area (Å²) in [5, 5.41) is 4.02. The first-order chi connectivity index (χ1) is 26.5. The maximum Gasteiger partial charge on any atom is 0.311 e. The highest BCUT2D eigenvalue weighted by Gasteiger charge is 2.27. The number of benzene rings is 3. The van der Waals surface area contributed by atoms with Crippen LogP contribution < -0.4 is 20.1 Å². The van der Waals surface area contributed by atoms with E-state index in [9.17, 15) is 27.6 Å². The third-order valence-corrected chi connectivity index (χ3v) is 11.3. The molecule has 0 aliphatic carbocycles. The largest absolute Gasteiger partial charge is 0.427 e. The van der Waals surface area contributed by atoms with Gasteiger partial charge in [0.1, 0.15) is 17.0 Å². The van der Waals surface area contributed by atoms with Crippen molar-refractivity contribution in [3.05, 3.63) is 95.6 Å². The van der Waals surface area contributed by atoms with Crippen LogP contribution in [0.15, 0.2) is 83.8 Å². The van der Waals surface area contributed by atoms with E-state index in [-0.39, 0.29) is 30.4 Å². The predicted molar refractivity (Wildman–Crippen MR) is 221 cm³/mol. The quantitative estimate of drug-likeness (QED) is 0.0155. The van der Waals surface area contributed by atoms with Gasteiger partial charge in [0.25, 0.3) is 0 Å². The molecule has 0 saturated heterocycles. The number of rotatable bonds is 27. The fourth-order valence-corrected chi connectivity index (χ4v) is 7.47. The summed E-state index contributed by atoms with van der Waals surface area (Å²) in [6.45, 7) is 4.04. The van der Waals surface area contributed by atoms with Gasteiger partial charge in [-0.15, -0.1) is 0 Å². The summed E-state index contributed by atoms with van der Waals surface area (Å²) in [7, 11) is -4.08. The van der Waals surface area contributed by atoms with Gasteiger partial charge in [-0.3, -0.25) is 19.2 Å². The van der Waals surface area contributed by atoms with E-state index in [4.69, 9.17) is 4.74 Å². The summed E-state index contributed by atoms with van der Waals surface area (Å²) in [4.78, 5) is 51.0. The molecule has 2 amide bonds. The number of carbonyl (C=O) groups excluding carboxylic acids is 4. The number of nitrogens with one attached hydrogen (secondary N) is 3. The molecule has 0 bridgehead atoms. The SMILES string of the molecule is CCCCCCCCCCCCCCCC(=O)Oc1ccc(CC(NS(=O)(=O)c2ccc(C)cc2)C(=O)NCCNC(=O)C(S)C(=O)c2ccccc2)cc1. The monoisotopic (exact) mass is 793 g/mol. The second kappa shape index (κ2) is 25.2. The van der Waals surface area contributed by atoms with E-state index in [0.717, 1.165) is 24.8 Å². The summed E-state index contributed by atoms with van der Waals surface area (Å²) in [5.74, 6) is -1.62. The topological polar surface area (TPSA) is 148 Å². The number of aryl methyl sites for hydroxylation is 1. The standard InChI is InChI=1S/C43H59N3O7S2/c1-3-4-5-6-7-8-9-10-11-12-13-14-18-21-39(47)53-36-26-24-34(25-27-36)32-38(46-55(51,52)37-28-22-33(2)23-29-37)42(49)44-30-31-45-43(50)41(54)40(48)35-19-16-15-17-20-35/h15-17,19-20,22-29,38,41,46,54H,3-14,18,21,30-32H2,1-2H3,(H,44,49)(H,45,50). The van der Waals surface area contributed by atoms with Gasteiger partial charge in [-0.05, 0) is 49.6 Å². The van der Waals surface area contributed by atoms with Gasteiger partial charge in [0.2, 0.25) is 21.8 Å². The average Bonchev–Trinajstić information content (AvgIpc) is 3.18. The van der Waals surface area contributed by atoms with Crippen LogP contribution in [0.25, 0.3) is 0 Å². The van der Waals surface area contributed by atoms with Crippen LogP contribution in [0.1, 0.15) is 118 Å². The molecule has 12 heteroatoms. The lowest BCUT2D eigenvalue weighted by atomic mass is 10.0. The second-order valence-corrected chi connectivity index (χ2v) is 16.2. The Hall–Kier alpha value is -4.00. The van der Waals surface area contributed by atoms with E-state index in [0.29, 0.717) is 23.3 Å². The second-order valence-electron chi connectivity index (χ2n) is 14.0. The molecule has 3 aromatic rings. The molecular formula is C43H59N3O7S2. The number of thiol groups is 1. The van der Waals surface area contributed by atoms with Crippen molar-refractivity contribution in [3.8, 4) is 5.75 Å². The molecule has 2 unspecified atom stereocenters. The van der Waals surface area contributed by atoms with Crippen molar-refractivity contribution in [2.75, 3.05) is 13.1 Å². The van der Waals surface area contributed by atoms with Gasteiger partial charge in [0.15, 0.2) is 5.78 Å². The molecule has 0 saturated carbocycles. The van der Waals surface area contributed by atoms with Crippen molar-refractivity contribution in [1.29, 1.82) is 0 Å². The van der Waals surface area contributed by atoms with Crippen LogP contribution in [-0.4, -0.2) is 56.4 Å². The molecule has 10 nitrogen and oxygen atoms in total. The molecule has 0 aromatic heterocycles. The van der Waals surface area contributed by atoms with Crippen molar-refractivity contribution in [2.24, 2.45) is 0 Å². The van der Waals surface area contributed by atoms with Crippen molar-refractivity contribution in [3.63, 3.8) is 0 Å². The van der Waals surface area contributed by atoms with Crippen molar-refractivity contribution >= 4 is 46.2 Å². The highest BCUT2D eigenvalue weighted by molar-refractivity contribution is 7.89. The minimum Gasteiger partial charge on any atom is -0.427 e. The van der Waals surface area contributed by atoms with Gasteiger partial charge in [0.05, 0.1) is 4.90 Å². The van der Waals surface area contributed by atoms with Crippen molar-refractivity contribution in [1.82, 2.24) is 15.4 Å². The minimum absolute atomic E-state index is 0.000754. The molecule has 0 radical (unpaired) electrons. The number of ether oxygens (including phenoxy) is 1. The lowest BCUT2D eigenvalue weighted by Gasteiger charge is -2.19. The summed E-state index contributed by atoms with van der Waals surface area (Å²) in [5.41, 5.74) is 1.87. The normalized spacial score (nSPS) is 12.4. The first kappa shape index (κ1) is 45.4. The Labute approximate surface area is 333 Å². The van der Waals surface area contributed by atoms with E-state index < -0.39 is 38.9 Å². The fraction of sp³-hybridized carbons (Fsp3) is 0.488. The highest BCUT2D eigenvalue weighted by atomic mass is 32.2. The molecule has 55 heavy (non-hydrogen) atoms. The highest BCUT2D eigenvalue weighted by Crippen LogP contribution is 2.18. The lowest BCUT2D eigenvalue weighted by molar-refractivity contribution is -0.134. The van der Waals surface area contributed by atoms with E-state index in [1.807, 2.05) is 6.92 Å². The lowest BCUT2D eigenvalue weighted by Crippen LogP contribution is -2.49. The zero-order chi connectivity index (χ0) is 39.9. The molecule has 3 rings (SSSR count). The minimum atomic E-state index is -4.08. The Balaban J connectivity index is 1.46. The van der Waals surface area contributed by atoms with Gasteiger partial charge in [0, 0.05) is 25.1 Å². The predicted octanol–water partition coefficient (Wildman–Crippen LogP) is 7.69. The number of Topliss-reactive ketones (excluding diaryl/α,β-unsaturated/α-hetero) is 1. The summed E-state index contributed by atoms with van der Waals surface area (Å²) in [6.07, 6.45) is 16.3. The van der Waals surface area contributed by atoms with Gasteiger partial charge in [-0.2, -0.15) is 17.4 Å². The molecule has 3 N–H and O–H groups in total. The molecular weight excluding hydrogens is 735 g/mol. The first-order valence-electron chi connectivity index (χ1n) is 19.7. The Morgan fingerprint density at radius 3 is 1.76 bits per heavy atom. The summed E-state index contributed by atoms with van der Waals surface area (Å²) in [6, 6.07) is 20.0. The van der Waals surface area contributed by atoms with E-state index >= 15 is 0 Å². The van der Waals surface area contributed by atoms with Crippen molar-refractivity contribution in [2.45, 2.75) is 126 Å². The van der Waals surface area contributed by atoms with E-state index in [1.54, 1.807) is 66.7 Å². The Morgan fingerprint density at radius 2 is 1.20 bits per heavy atom. The van der Waals surface area contributed by atoms with Gasteiger partial charge in [-0.1, -0.05) is 144 Å². The van der Waals surface area contributed by atoms with E-state index in [2.05, 4.69) is 34.9 Å². The Morgan fingerprint density at radius 1 is 0.673 bits per heavy atom. The van der Waals surface area contributed by atoms with Crippen LogP contribution in [0.2, 0.25) is 0 Å². The van der Waals surface area contributed by atoms with Crippen molar-refractivity contribution < 1.29 is 32.3 Å². The zero-order valence-corrected chi connectivity index (χ0v) is 34.1. The van der Waals surface area contributed by atoms with Gasteiger partial charge < -0.3 is 15.4 Å². The number of carbonyl (C=O) groups is 4. The molecule has 3 aromatic carbocycles. The summed E-state index contributed by atoms with van der Waals surface area (Å²) >= 11 is 4.17. The molecule has 0 spiro atoms. The number of amides is 2. The molecule has 0 fully saturated rings. The van der Waals surface area contributed by atoms with Crippen LogP contribution in [0, 0.1) is 6.92 Å². The fourth-order valence-electron chi connectivity index (χ4n) is 6.03. The first-order valence-corrected chi connectivity index (χ1v) is 21.7. The number of sulfonamides is 1. The Bertz CT molecular complexity index is 1720. The molecule has 0 aliphatic heterocycles. The van der Waals surface area contributed by atoms with E-state index in [1.165, 1.54) is 76.3 Å². The molecule has 300 valence electrons. The van der Waals surface area contributed by atoms with Gasteiger partial charge in [-0.25, -0.2) is 8.42 Å². The van der Waals surface area contributed by atoms with Crippen LogP contribution in [0.3, 0.4) is 0 Å². The molecule has 0 heterocycles. The number of ketones is 1. The smallest absolute Gasteiger partial charge is 0.311 e. The number of esters is 1. The zero-order valence-electron chi connectivity index (χ0n) is 32.4. The summed E-state index contributed by atoms with van der Waals surface area (Å²) < 4.78 is 34.6. The molecule has 2 atom stereocenters. The maximum absolute atomic E-state index is 13.4.